The summed E-state index contributed by atoms with van der Waals surface area (Å²) < 4.78 is 14.6. The van der Waals surface area contributed by atoms with E-state index in [0.717, 1.165) is 42.5 Å². The number of pyridine rings is 1. The van der Waals surface area contributed by atoms with Gasteiger partial charge >= 0.3 is 0 Å². The lowest BCUT2D eigenvalue weighted by molar-refractivity contribution is -0.173. The number of aryl methyl sites for hydroxylation is 2. The highest BCUT2D eigenvalue weighted by atomic mass is 19.1. The van der Waals surface area contributed by atoms with Gasteiger partial charge in [-0.1, -0.05) is 19.1 Å². The molecule has 0 atom stereocenters. The molecule has 3 aliphatic rings. The molecule has 0 N–H and O–H groups in total. The van der Waals surface area contributed by atoms with Crippen molar-refractivity contribution in [2.45, 2.75) is 57.8 Å². The monoisotopic (exact) mass is 394 g/mol. The second-order valence-corrected chi connectivity index (χ2v) is 8.73. The van der Waals surface area contributed by atoms with E-state index in [-0.39, 0.29) is 22.6 Å². The van der Waals surface area contributed by atoms with Crippen LogP contribution in [-0.4, -0.2) is 23.7 Å². The molecule has 0 unspecified atom stereocenters. The molecule has 1 aromatic heterocycles. The number of anilines is 1. The number of rotatable bonds is 7. The Morgan fingerprint density at radius 2 is 1.93 bits per heavy atom. The van der Waals surface area contributed by atoms with Crippen molar-refractivity contribution in [3.8, 4) is 0 Å². The normalized spacial score (nSPS) is 24.4. The summed E-state index contributed by atoms with van der Waals surface area (Å²) in [5, 5.41) is 0. The van der Waals surface area contributed by atoms with Gasteiger partial charge in [-0.25, -0.2) is 4.39 Å². The Morgan fingerprint density at radius 1 is 1.21 bits per heavy atom. The van der Waals surface area contributed by atoms with E-state index in [4.69, 9.17) is 0 Å². The van der Waals surface area contributed by atoms with Crippen molar-refractivity contribution >= 4 is 17.4 Å². The number of Topliss-reactive ketones (excluding diaryl/α,β-unsaturated/α-hetero) is 1. The van der Waals surface area contributed by atoms with Gasteiger partial charge in [0.1, 0.15) is 11.6 Å². The van der Waals surface area contributed by atoms with Gasteiger partial charge in [0.15, 0.2) is 0 Å². The van der Waals surface area contributed by atoms with Crippen LogP contribution in [0.25, 0.3) is 0 Å². The summed E-state index contributed by atoms with van der Waals surface area (Å²) in [6.45, 7) is 3.73. The smallest absolute Gasteiger partial charge is 0.226 e. The summed E-state index contributed by atoms with van der Waals surface area (Å²) in [5.74, 6) is -0.160. The summed E-state index contributed by atoms with van der Waals surface area (Å²) >= 11 is 0. The minimum atomic E-state index is -0.371. The molecular formula is C24H27FN2O2. The maximum atomic E-state index is 14.6. The van der Waals surface area contributed by atoms with E-state index in [1.807, 2.05) is 25.1 Å². The van der Waals surface area contributed by atoms with Crippen LogP contribution in [0.1, 0.15) is 55.8 Å². The summed E-state index contributed by atoms with van der Waals surface area (Å²) in [6, 6.07) is 9.11. The lowest BCUT2D eigenvalue weighted by Crippen LogP contribution is -2.67. The molecule has 0 saturated heterocycles. The zero-order valence-corrected chi connectivity index (χ0v) is 17.3. The van der Waals surface area contributed by atoms with Gasteiger partial charge in [0, 0.05) is 37.2 Å². The molecule has 5 rings (SSSR count). The average molecular weight is 394 g/mol. The third-order valence-corrected chi connectivity index (χ3v) is 6.96. The Morgan fingerprint density at radius 3 is 2.55 bits per heavy atom. The molecule has 152 valence electrons. The van der Waals surface area contributed by atoms with Gasteiger partial charge in [0.25, 0.3) is 0 Å². The number of nitrogens with zero attached hydrogens (tertiary/aromatic N) is 2. The molecule has 1 amide bonds. The van der Waals surface area contributed by atoms with E-state index in [1.165, 1.54) is 4.90 Å². The van der Waals surface area contributed by atoms with E-state index in [0.29, 0.717) is 24.3 Å². The minimum Gasteiger partial charge on any atom is -0.313 e. The summed E-state index contributed by atoms with van der Waals surface area (Å²) in [4.78, 5) is 30.3. The molecular weight excluding hydrogens is 367 g/mol. The third kappa shape index (κ3) is 3.17. The highest BCUT2D eigenvalue weighted by molar-refractivity contribution is 5.93. The second-order valence-electron chi connectivity index (χ2n) is 8.73. The van der Waals surface area contributed by atoms with Crippen LogP contribution in [0.5, 0.6) is 0 Å². The molecule has 1 heterocycles. The Bertz CT molecular complexity index is 965. The van der Waals surface area contributed by atoms with Crippen LogP contribution in [0.4, 0.5) is 10.1 Å². The molecule has 0 aliphatic heterocycles. The molecule has 4 nitrogen and oxygen atoms in total. The van der Waals surface area contributed by atoms with Crippen molar-refractivity contribution in [3.05, 3.63) is 59.2 Å². The summed E-state index contributed by atoms with van der Waals surface area (Å²) in [6.07, 6.45) is 5.82. The van der Waals surface area contributed by atoms with Crippen LogP contribution < -0.4 is 4.90 Å². The maximum absolute atomic E-state index is 14.6. The molecule has 0 spiro atoms. The van der Waals surface area contributed by atoms with Gasteiger partial charge in [-0.15, -0.1) is 0 Å². The number of halogens is 1. The lowest BCUT2D eigenvalue weighted by atomic mass is 9.32. The van der Waals surface area contributed by atoms with Gasteiger partial charge in [0.05, 0.1) is 5.69 Å². The molecule has 29 heavy (non-hydrogen) atoms. The number of hydrogen-bond acceptors (Lipinski definition) is 3. The van der Waals surface area contributed by atoms with Crippen LogP contribution in [0.2, 0.25) is 0 Å². The Hall–Kier alpha value is -2.56. The molecule has 3 aliphatic carbocycles. The molecule has 2 bridgehead atoms. The lowest BCUT2D eigenvalue weighted by Gasteiger charge is -2.70. The quantitative estimate of drug-likeness (QED) is 0.693. The third-order valence-electron chi connectivity index (χ3n) is 6.96. The van der Waals surface area contributed by atoms with Gasteiger partial charge in [-0.05, 0) is 67.3 Å². The topological polar surface area (TPSA) is 50.3 Å². The van der Waals surface area contributed by atoms with Gasteiger partial charge in [0.2, 0.25) is 5.91 Å². The predicted molar refractivity (Wildman–Crippen MR) is 110 cm³/mol. The van der Waals surface area contributed by atoms with Crippen molar-refractivity contribution in [2.24, 2.45) is 5.41 Å². The highest BCUT2D eigenvalue weighted by Gasteiger charge is 2.71. The number of aromatic nitrogens is 1. The van der Waals surface area contributed by atoms with Crippen LogP contribution in [0.15, 0.2) is 36.5 Å². The number of hydrogen-bond donors (Lipinski definition) is 0. The fourth-order valence-corrected chi connectivity index (χ4v) is 5.17. The fraction of sp³-hybridized carbons (Fsp3) is 0.458. The van der Waals surface area contributed by atoms with E-state index in [2.05, 4.69) is 4.98 Å². The van der Waals surface area contributed by atoms with Gasteiger partial charge < -0.3 is 4.90 Å². The van der Waals surface area contributed by atoms with E-state index in [9.17, 15) is 14.0 Å². The number of benzene rings is 1. The second kappa shape index (κ2) is 7.05. The first-order chi connectivity index (χ1) is 13.8. The number of ketones is 1. The van der Waals surface area contributed by atoms with Gasteiger partial charge in [-0.3, -0.25) is 14.6 Å². The first kappa shape index (κ1) is 19.7. The predicted octanol–water partition coefficient (Wildman–Crippen LogP) is 4.53. The molecule has 3 saturated carbocycles. The number of amides is 1. The zero-order valence-electron chi connectivity index (χ0n) is 17.3. The molecule has 1 aromatic carbocycles. The van der Waals surface area contributed by atoms with E-state index in [1.54, 1.807) is 32.3 Å². The van der Waals surface area contributed by atoms with Crippen LogP contribution in [0.3, 0.4) is 0 Å². The largest absolute Gasteiger partial charge is 0.313 e. The van der Waals surface area contributed by atoms with E-state index >= 15 is 0 Å². The molecule has 2 aromatic rings. The Kier molecular flexibility index (Phi) is 4.80. The van der Waals surface area contributed by atoms with Crippen LogP contribution in [-0.2, 0) is 21.4 Å². The van der Waals surface area contributed by atoms with Crippen LogP contribution in [0, 0.1) is 18.2 Å². The number of carbonyl (C=O) groups excluding carboxylic acids is 2. The van der Waals surface area contributed by atoms with Crippen LogP contribution >= 0.6 is 0 Å². The van der Waals surface area contributed by atoms with Crippen molar-refractivity contribution in [1.29, 1.82) is 0 Å². The summed E-state index contributed by atoms with van der Waals surface area (Å²) in [5.41, 5.74) is 3.10. The Labute approximate surface area is 171 Å². The van der Waals surface area contributed by atoms with Crippen molar-refractivity contribution in [1.82, 2.24) is 4.98 Å². The minimum absolute atomic E-state index is 0.0629. The molecule has 3 fully saturated rings. The average Bonchev–Trinajstić information content (AvgIpc) is 2.64. The first-order valence-corrected chi connectivity index (χ1v) is 10.3. The first-order valence-electron chi connectivity index (χ1n) is 10.3. The molecule has 0 radical (unpaired) electrons. The maximum Gasteiger partial charge on any atom is 0.226 e. The van der Waals surface area contributed by atoms with Gasteiger partial charge in [-0.2, -0.15) is 0 Å². The standard InChI is InChI=1S/C24H27FN2O2/c1-4-22(29)27(3)20-9-8-18(12-19(20)25)23-13-24(14-23,15-23)21(28)10-7-17-6-5-11-26-16(17)2/h5-6,8-9,11-12H,4,7,10,13-15H2,1-3H3. The summed E-state index contributed by atoms with van der Waals surface area (Å²) in [7, 11) is 1.60. The van der Waals surface area contributed by atoms with Crippen molar-refractivity contribution in [2.75, 3.05) is 11.9 Å². The zero-order chi connectivity index (χ0) is 20.8. The number of carbonyl (C=O) groups is 2. The van der Waals surface area contributed by atoms with Crippen molar-refractivity contribution < 1.29 is 14.0 Å². The van der Waals surface area contributed by atoms with Crippen molar-refractivity contribution in [3.63, 3.8) is 0 Å². The fourth-order valence-electron chi connectivity index (χ4n) is 5.17. The molecule has 5 heteroatoms. The highest BCUT2D eigenvalue weighted by Crippen LogP contribution is 2.74. The Balaban J connectivity index is 1.39. The SMILES string of the molecule is CCC(=O)N(C)c1ccc(C23CC(C(=O)CCc4cccnc4C)(C2)C3)cc1F. The van der Waals surface area contributed by atoms with E-state index < -0.39 is 0 Å².